The molecule has 0 fully saturated rings. The molecule has 0 saturated heterocycles. The molecule has 0 unspecified atom stereocenters. The van der Waals surface area contributed by atoms with Gasteiger partial charge in [0, 0.05) is 18.7 Å². The molecule has 0 aromatic heterocycles. The highest BCUT2D eigenvalue weighted by atomic mass is 16.1. The zero-order chi connectivity index (χ0) is 13.2. The van der Waals surface area contributed by atoms with Gasteiger partial charge in [-0.2, -0.15) is 0 Å². The number of unbranched alkanes of at least 4 members (excludes halogenated alkanes) is 1. The molecular weight excluding hydrogens is 224 g/mol. The van der Waals surface area contributed by atoms with E-state index in [0.717, 1.165) is 25.2 Å². The molecule has 0 bridgehead atoms. The summed E-state index contributed by atoms with van der Waals surface area (Å²) in [5.41, 5.74) is 2.22. The van der Waals surface area contributed by atoms with Crippen LogP contribution in [0, 0.1) is 0 Å². The van der Waals surface area contributed by atoms with E-state index in [1.165, 1.54) is 18.4 Å². The molecule has 18 heavy (non-hydrogen) atoms. The standard InChI is InChI=1S/C15H24N2O/c1-3-5-6-13-7-9-14(10-8-13)17-15(18)11-12-16-4-2/h7-10,16H,3-6,11-12H2,1-2H3,(H,17,18). The summed E-state index contributed by atoms with van der Waals surface area (Å²) in [7, 11) is 0. The first kappa shape index (κ1) is 14.7. The molecule has 0 atom stereocenters. The van der Waals surface area contributed by atoms with Gasteiger partial charge in [-0.15, -0.1) is 0 Å². The van der Waals surface area contributed by atoms with Gasteiger partial charge in [-0.05, 0) is 37.1 Å². The van der Waals surface area contributed by atoms with E-state index in [9.17, 15) is 4.79 Å². The number of benzene rings is 1. The number of aryl methyl sites for hydroxylation is 1. The summed E-state index contributed by atoms with van der Waals surface area (Å²) in [6.07, 6.45) is 4.06. The summed E-state index contributed by atoms with van der Waals surface area (Å²) in [4.78, 5) is 11.6. The smallest absolute Gasteiger partial charge is 0.225 e. The molecule has 2 N–H and O–H groups in total. The summed E-state index contributed by atoms with van der Waals surface area (Å²) in [5, 5.41) is 6.04. The van der Waals surface area contributed by atoms with E-state index in [2.05, 4.69) is 29.7 Å². The zero-order valence-corrected chi connectivity index (χ0v) is 11.5. The second-order valence-electron chi connectivity index (χ2n) is 4.45. The lowest BCUT2D eigenvalue weighted by Crippen LogP contribution is -2.21. The van der Waals surface area contributed by atoms with Crippen LogP contribution >= 0.6 is 0 Å². The van der Waals surface area contributed by atoms with Gasteiger partial charge < -0.3 is 10.6 Å². The van der Waals surface area contributed by atoms with Gasteiger partial charge >= 0.3 is 0 Å². The van der Waals surface area contributed by atoms with Crippen LogP contribution in [-0.4, -0.2) is 19.0 Å². The van der Waals surface area contributed by atoms with Crippen LogP contribution in [0.25, 0.3) is 0 Å². The highest BCUT2D eigenvalue weighted by Crippen LogP contribution is 2.11. The molecule has 0 aliphatic rings. The van der Waals surface area contributed by atoms with Crippen molar-refractivity contribution in [2.45, 2.75) is 39.5 Å². The minimum Gasteiger partial charge on any atom is -0.326 e. The maximum absolute atomic E-state index is 11.6. The number of amides is 1. The van der Waals surface area contributed by atoms with Gasteiger partial charge in [-0.3, -0.25) is 4.79 Å². The Morgan fingerprint density at radius 3 is 2.50 bits per heavy atom. The lowest BCUT2D eigenvalue weighted by atomic mass is 10.1. The first-order valence-corrected chi connectivity index (χ1v) is 6.85. The third-order valence-electron chi connectivity index (χ3n) is 2.84. The molecule has 3 nitrogen and oxygen atoms in total. The van der Waals surface area contributed by atoms with Crippen molar-refractivity contribution in [3.63, 3.8) is 0 Å². The lowest BCUT2D eigenvalue weighted by Gasteiger charge is -2.06. The predicted octanol–water partition coefficient (Wildman–Crippen LogP) is 2.97. The molecule has 0 spiro atoms. The van der Waals surface area contributed by atoms with Gasteiger partial charge in [-0.1, -0.05) is 32.4 Å². The van der Waals surface area contributed by atoms with E-state index in [1.54, 1.807) is 0 Å². The van der Waals surface area contributed by atoms with Crippen LogP contribution in [0.5, 0.6) is 0 Å². The Balaban J connectivity index is 2.35. The predicted molar refractivity (Wildman–Crippen MR) is 76.8 cm³/mol. The monoisotopic (exact) mass is 248 g/mol. The SMILES string of the molecule is CCCCc1ccc(NC(=O)CCNCC)cc1. The van der Waals surface area contributed by atoms with Gasteiger partial charge in [0.05, 0.1) is 0 Å². The van der Waals surface area contributed by atoms with Crippen LogP contribution in [0.1, 0.15) is 38.7 Å². The molecule has 0 saturated carbocycles. The molecule has 0 aliphatic carbocycles. The van der Waals surface area contributed by atoms with Gasteiger partial charge in [0.15, 0.2) is 0 Å². The van der Waals surface area contributed by atoms with Crippen molar-refractivity contribution in [1.82, 2.24) is 5.32 Å². The van der Waals surface area contributed by atoms with Crippen LogP contribution in [0.3, 0.4) is 0 Å². The number of carbonyl (C=O) groups is 1. The molecule has 1 rings (SSSR count). The Labute approximate surface area is 110 Å². The summed E-state index contributed by atoms with van der Waals surface area (Å²) >= 11 is 0. The molecule has 100 valence electrons. The Kier molecular flexibility index (Phi) is 7.11. The second kappa shape index (κ2) is 8.70. The van der Waals surface area contributed by atoms with E-state index < -0.39 is 0 Å². The van der Waals surface area contributed by atoms with Gasteiger partial charge in [0.25, 0.3) is 0 Å². The fourth-order valence-electron chi connectivity index (χ4n) is 1.74. The molecular formula is C15H24N2O. The summed E-state index contributed by atoms with van der Waals surface area (Å²) in [6, 6.07) is 8.15. The van der Waals surface area contributed by atoms with Crippen molar-refractivity contribution < 1.29 is 4.79 Å². The largest absolute Gasteiger partial charge is 0.326 e. The van der Waals surface area contributed by atoms with Crippen molar-refractivity contribution in [2.24, 2.45) is 0 Å². The Morgan fingerprint density at radius 2 is 1.89 bits per heavy atom. The fourth-order valence-corrected chi connectivity index (χ4v) is 1.74. The normalized spacial score (nSPS) is 10.3. The number of nitrogens with one attached hydrogen (secondary N) is 2. The summed E-state index contributed by atoms with van der Waals surface area (Å²) in [5.74, 6) is 0.0669. The quantitative estimate of drug-likeness (QED) is 0.694. The fraction of sp³-hybridized carbons (Fsp3) is 0.533. The third-order valence-corrected chi connectivity index (χ3v) is 2.84. The van der Waals surface area contributed by atoms with E-state index >= 15 is 0 Å². The minimum absolute atomic E-state index is 0.0669. The summed E-state index contributed by atoms with van der Waals surface area (Å²) < 4.78 is 0. The average Bonchev–Trinajstić information content (AvgIpc) is 2.38. The lowest BCUT2D eigenvalue weighted by molar-refractivity contribution is -0.116. The summed E-state index contributed by atoms with van der Waals surface area (Å²) in [6.45, 7) is 5.86. The third kappa shape index (κ3) is 5.82. The van der Waals surface area contributed by atoms with Gasteiger partial charge in [0.1, 0.15) is 0 Å². The molecule has 1 aromatic rings. The van der Waals surface area contributed by atoms with E-state index in [-0.39, 0.29) is 5.91 Å². The van der Waals surface area contributed by atoms with Crippen molar-refractivity contribution in [2.75, 3.05) is 18.4 Å². The van der Waals surface area contributed by atoms with Crippen LogP contribution < -0.4 is 10.6 Å². The highest BCUT2D eigenvalue weighted by Gasteiger charge is 2.01. The van der Waals surface area contributed by atoms with Crippen molar-refractivity contribution in [1.29, 1.82) is 0 Å². The van der Waals surface area contributed by atoms with Crippen LogP contribution in [0.2, 0.25) is 0 Å². The van der Waals surface area contributed by atoms with Crippen molar-refractivity contribution in [3.8, 4) is 0 Å². The highest BCUT2D eigenvalue weighted by molar-refractivity contribution is 5.90. The van der Waals surface area contributed by atoms with E-state index in [0.29, 0.717) is 6.42 Å². The Hall–Kier alpha value is -1.35. The zero-order valence-electron chi connectivity index (χ0n) is 11.5. The molecule has 1 aromatic carbocycles. The van der Waals surface area contributed by atoms with E-state index in [1.807, 2.05) is 19.1 Å². The number of hydrogen-bond donors (Lipinski definition) is 2. The van der Waals surface area contributed by atoms with Crippen LogP contribution in [0.4, 0.5) is 5.69 Å². The molecule has 0 aliphatic heterocycles. The van der Waals surface area contributed by atoms with Gasteiger partial charge in [-0.25, -0.2) is 0 Å². The topological polar surface area (TPSA) is 41.1 Å². The van der Waals surface area contributed by atoms with Gasteiger partial charge in [0.2, 0.25) is 5.91 Å². The molecule has 0 heterocycles. The Morgan fingerprint density at radius 1 is 1.17 bits per heavy atom. The number of hydrogen-bond acceptors (Lipinski definition) is 2. The van der Waals surface area contributed by atoms with Crippen LogP contribution in [-0.2, 0) is 11.2 Å². The van der Waals surface area contributed by atoms with Crippen LogP contribution in [0.15, 0.2) is 24.3 Å². The maximum Gasteiger partial charge on any atom is 0.225 e. The first-order chi connectivity index (χ1) is 8.76. The molecule has 3 heteroatoms. The number of rotatable bonds is 8. The second-order valence-corrected chi connectivity index (χ2v) is 4.45. The number of carbonyl (C=O) groups excluding carboxylic acids is 1. The number of anilines is 1. The maximum atomic E-state index is 11.6. The first-order valence-electron chi connectivity index (χ1n) is 6.85. The van der Waals surface area contributed by atoms with Crippen molar-refractivity contribution >= 4 is 11.6 Å². The van der Waals surface area contributed by atoms with E-state index in [4.69, 9.17) is 0 Å². The molecule has 0 radical (unpaired) electrons. The Bertz CT molecular complexity index is 346. The minimum atomic E-state index is 0.0669. The average molecular weight is 248 g/mol. The van der Waals surface area contributed by atoms with Crippen molar-refractivity contribution in [3.05, 3.63) is 29.8 Å². The molecule has 1 amide bonds.